The fourth-order valence-electron chi connectivity index (χ4n) is 2.80. The number of nitrogens with one attached hydrogen (secondary N) is 1. The van der Waals surface area contributed by atoms with Gasteiger partial charge in [-0.05, 0) is 41.0 Å². The van der Waals surface area contributed by atoms with Gasteiger partial charge in [0.05, 0.1) is 24.0 Å². The van der Waals surface area contributed by atoms with Gasteiger partial charge in [0.25, 0.3) is 11.5 Å². The maximum atomic E-state index is 12.8. The lowest BCUT2D eigenvalue weighted by Crippen LogP contribution is -2.26. The van der Waals surface area contributed by atoms with Crippen molar-refractivity contribution in [2.45, 2.75) is 27.3 Å². The number of aromatic hydroxyl groups is 1. The lowest BCUT2D eigenvalue weighted by atomic mass is 10.1. The van der Waals surface area contributed by atoms with Crippen molar-refractivity contribution in [3.8, 4) is 11.6 Å². The first kappa shape index (κ1) is 19.8. The quantitative estimate of drug-likeness (QED) is 0.378. The predicted octanol–water partition coefficient (Wildman–Crippen LogP) is 2.49. The molecule has 0 unspecified atom stereocenters. The van der Waals surface area contributed by atoms with Gasteiger partial charge in [0.15, 0.2) is 5.88 Å². The van der Waals surface area contributed by atoms with Crippen molar-refractivity contribution < 1.29 is 5.11 Å². The number of hydrogen-bond donors (Lipinski definition) is 2. The zero-order valence-electron chi connectivity index (χ0n) is 16.2. The van der Waals surface area contributed by atoms with Gasteiger partial charge in [0.2, 0.25) is 5.69 Å². The van der Waals surface area contributed by atoms with Crippen molar-refractivity contribution in [1.82, 2.24) is 24.8 Å². The van der Waals surface area contributed by atoms with Crippen LogP contribution < -0.4 is 11.0 Å². The molecular weight excluding hydrogens is 372 g/mol. The van der Waals surface area contributed by atoms with Gasteiger partial charge in [-0.1, -0.05) is 37.1 Å². The molecule has 0 aliphatic rings. The Morgan fingerprint density at radius 2 is 2.07 bits per heavy atom. The molecule has 10 heteroatoms. The summed E-state index contributed by atoms with van der Waals surface area (Å²) in [5.74, 6) is 0.0458. The standard InChI is InChI=1S/C19H20N8O2/c1-12(2)11-26-17(28)15(13(3)16(20-4)18(26)29)10-21-22-19-23-24-25-27(19)14-8-6-5-7-9-14/h5-10,12,29H,11H2,1-3H3,(H,22,23,25)/b21-10+. The number of nitrogens with zero attached hydrogens (tertiary/aromatic N) is 7. The molecule has 2 aromatic heterocycles. The van der Waals surface area contributed by atoms with Crippen LogP contribution in [0.3, 0.4) is 0 Å². The second kappa shape index (κ2) is 8.35. The summed E-state index contributed by atoms with van der Waals surface area (Å²) in [5, 5.41) is 25.8. The number of rotatable bonds is 6. The molecule has 148 valence electrons. The van der Waals surface area contributed by atoms with Gasteiger partial charge in [-0.3, -0.25) is 9.36 Å². The highest BCUT2D eigenvalue weighted by molar-refractivity contribution is 5.85. The van der Waals surface area contributed by atoms with Crippen LogP contribution in [0.4, 0.5) is 11.6 Å². The van der Waals surface area contributed by atoms with Crippen molar-refractivity contribution in [3.05, 3.63) is 63.2 Å². The average Bonchev–Trinajstić information content (AvgIpc) is 3.17. The van der Waals surface area contributed by atoms with Crippen LogP contribution in [-0.4, -0.2) is 36.1 Å². The number of anilines is 1. The normalized spacial score (nSPS) is 11.1. The number of tetrazole rings is 1. The van der Waals surface area contributed by atoms with Crippen LogP contribution >= 0.6 is 0 Å². The third-order valence-electron chi connectivity index (χ3n) is 4.19. The van der Waals surface area contributed by atoms with Gasteiger partial charge in [0.1, 0.15) is 0 Å². The van der Waals surface area contributed by atoms with Crippen molar-refractivity contribution in [2.24, 2.45) is 11.0 Å². The van der Waals surface area contributed by atoms with Crippen molar-refractivity contribution in [2.75, 3.05) is 5.43 Å². The minimum Gasteiger partial charge on any atom is -0.503 e. The van der Waals surface area contributed by atoms with E-state index in [1.54, 1.807) is 6.92 Å². The summed E-state index contributed by atoms with van der Waals surface area (Å²) in [6.45, 7) is 13.1. The van der Waals surface area contributed by atoms with E-state index in [-0.39, 0.29) is 35.5 Å². The van der Waals surface area contributed by atoms with E-state index in [2.05, 4.69) is 30.9 Å². The Bertz CT molecular complexity index is 1140. The fraction of sp³-hybridized carbons (Fsp3) is 0.263. The maximum Gasteiger partial charge on any atom is 0.268 e. The van der Waals surface area contributed by atoms with Gasteiger partial charge >= 0.3 is 0 Å². The highest BCUT2D eigenvalue weighted by Gasteiger charge is 2.19. The van der Waals surface area contributed by atoms with Crippen LogP contribution in [0.25, 0.3) is 10.5 Å². The molecule has 0 aliphatic heterocycles. The molecule has 29 heavy (non-hydrogen) atoms. The van der Waals surface area contributed by atoms with E-state index in [9.17, 15) is 9.90 Å². The molecule has 1 aromatic carbocycles. The molecule has 3 aromatic rings. The van der Waals surface area contributed by atoms with E-state index < -0.39 is 5.56 Å². The van der Waals surface area contributed by atoms with Gasteiger partial charge in [-0.25, -0.2) is 10.3 Å². The Morgan fingerprint density at radius 3 is 2.72 bits per heavy atom. The van der Waals surface area contributed by atoms with E-state index >= 15 is 0 Å². The highest BCUT2D eigenvalue weighted by Crippen LogP contribution is 2.30. The maximum absolute atomic E-state index is 12.8. The van der Waals surface area contributed by atoms with Gasteiger partial charge < -0.3 is 5.11 Å². The Balaban J connectivity index is 1.96. The third kappa shape index (κ3) is 3.98. The molecule has 10 nitrogen and oxygen atoms in total. The van der Waals surface area contributed by atoms with Gasteiger partial charge in [-0.15, -0.1) is 0 Å². The molecule has 0 saturated heterocycles. The first-order chi connectivity index (χ1) is 13.9. The molecule has 3 rings (SSSR count). The number of benzene rings is 1. The molecule has 0 spiro atoms. The molecule has 2 N–H and O–H groups in total. The average molecular weight is 392 g/mol. The second-order valence-corrected chi connectivity index (χ2v) is 6.75. The molecule has 0 aliphatic carbocycles. The molecule has 0 fully saturated rings. The van der Waals surface area contributed by atoms with Crippen LogP contribution in [-0.2, 0) is 6.54 Å². The van der Waals surface area contributed by atoms with Crippen LogP contribution in [0.15, 0.2) is 40.2 Å². The number of pyridine rings is 1. The van der Waals surface area contributed by atoms with Gasteiger partial charge in [0, 0.05) is 6.54 Å². The first-order valence-electron chi connectivity index (χ1n) is 8.90. The zero-order chi connectivity index (χ0) is 21.0. The van der Waals surface area contributed by atoms with E-state index in [4.69, 9.17) is 6.57 Å². The smallest absolute Gasteiger partial charge is 0.268 e. The summed E-state index contributed by atoms with van der Waals surface area (Å²) in [6.07, 6.45) is 1.31. The van der Waals surface area contributed by atoms with E-state index in [1.807, 2.05) is 44.2 Å². The van der Waals surface area contributed by atoms with E-state index in [1.165, 1.54) is 15.5 Å². The fourth-order valence-corrected chi connectivity index (χ4v) is 2.80. The SMILES string of the molecule is [C-]#[N+]c1c(C)c(/C=N/Nc2nnnn2-c2ccccc2)c(=O)n(CC(C)C)c1O. The van der Waals surface area contributed by atoms with Gasteiger partial charge in [-0.2, -0.15) is 9.78 Å². The van der Waals surface area contributed by atoms with E-state index in [0.29, 0.717) is 5.56 Å². The summed E-state index contributed by atoms with van der Waals surface area (Å²) in [5.41, 5.74) is 3.63. The van der Waals surface area contributed by atoms with Crippen LogP contribution in [0.5, 0.6) is 5.88 Å². The molecule has 2 heterocycles. The molecule has 0 amide bonds. The summed E-state index contributed by atoms with van der Waals surface area (Å²) in [4.78, 5) is 16.2. The zero-order valence-corrected chi connectivity index (χ0v) is 16.2. The molecule has 0 bridgehead atoms. The summed E-state index contributed by atoms with van der Waals surface area (Å²) in [7, 11) is 0. The minimum atomic E-state index is -0.422. The second-order valence-electron chi connectivity index (χ2n) is 6.75. The number of hydrogen-bond acceptors (Lipinski definition) is 7. The molecule has 0 saturated carbocycles. The third-order valence-corrected chi connectivity index (χ3v) is 4.19. The van der Waals surface area contributed by atoms with Crippen molar-refractivity contribution in [1.29, 1.82) is 0 Å². The predicted molar refractivity (Wildman–Crippen MR) is 109 cm³/mol. The van der Waals surface area contributed by atoms with Crippen LogP contribution in [0, 0.1) is 19.4 Å². The Kier molecular flexibility index (Phi) is 5.69. The lowest BCUT2D eigenvalue weighted by molar-refractivity contribution is 0.385. The summed E-state index contributed by atoms with van der Waals surface area (Å²) >= 11 is 0. The monoisotopic (exact) mass is 392 g/mol. The Labute approximate surface area is 166 Å². The number of para-hydroxylation sites is 1. The largest absolute Gasteiger partial charge is 0.503 e. The summed E-state index contributed by atoms with van der Waals surface area (Å²) in [6, 6.07) is 9.26. The number of hydrazone groups is 1. The number of aromatic nitrogens is 5. The van der Waals surface area contributed by atoms with Crippen LogP contribution in [0.2, 0.25) is 0 Å². The molecular formula is C19H20N8O2. The first-order valence-corrected chi connectivity index (χ1v) is 8.90. The summed E-state index contributed by atoms with van der Waals surface area (Å²) < 4.78 is 2.66. The minimum absolute atomic E-state index is 0.0285. The lowest BCUT2D eigenvalue weighted by Gasteiger charge is -2.15. The Hall–Kier alpha value is -4.00. The molecule has 0 radical (unpaired) electrons. The van der Waals surface area contributed by atoms with Crippen molar-refractivity contribution >= 4 is 17.9 Å². The van der Waals surface area contributed by atoms with Crippen molar-refractivity contribution in [3.63, 3.8) is 0 Å². The molecule has 0 atom stereocenters. The topological polar surface area (TPSA) is 115 Å². The Morgan fingerprint density at radius 1 is 1.34 bits per heavy atom. The van der Waals surface area contributed by atoms with Crippen LogP contribution in [0.1, 0.15) is 25.0 Å². The highest BCUT2D eigenvalue weighted by atomic mass is 16.3. The van der Waals surface area contributed by atoms with E-state index in [0.717, 1.165) is 5.69 Å².